The van der Waals surface area contributed by atoms with E-state index in [9.17, 15) is 9.59 Å². The molecule has 34 heavy (non-hydrogen) atoms. The summed E-state index contributed by atoms with van der Waals surface area (Å²) in [6, 6.07) is 6.10. The molecule has 9 heteroatoms. The van der Waals surface area contributed by atoms with Crippen molar-refractivity contribution in [2.24, 2.45) is 0 Å². The number of anilines is 1. The third-order valence-electron chi connectivity index (χ3n) is 7.05. The molecule has 3 aliphatic heterocycles. The highest BCUT2D eigenvalue weighted by atomic mass is 35.5. The van der Waals surface area contributed by atoms with E-state index < -0.39 is 5.82 Å². The molecule has 6 rings (SSSR count). The number of aromatic nitrogens is 1. The summed E-state index contributed by atoms with van der Waals surface area (Å²) >= 11 is 7.94. The smallest absolute Gasteiger partial charge is 0.230 e. The van der Waals surface area contributed by atoms with Gasteiger partial charge in [0.25, 0.3) is 0 Å². The first-order chi connectivity index (χ1) is 16.5. The van der Waals surface area contributed by atoms with E-state index in [2.05, 4.69) is 15.2 Å². The topological polar surface area (TPSA) is 65.5 Å². The summed E-state index contributed by atoms with van der Waals surface area (Å²) in [5.74, 6) is -0.716. The Labute approximate surface area is 205 Å². The number of nitrogens with zero attached hydrogens (tertiary/aromatic N) is 3. The van der Waals surface area contributed by atoms with Crippen molar-refractivity contribution in [3.63, 3.8) is 0 Å². The van der Waals surface area contributed by atoms with E-state index in [0.717, 1.165) is 60.6 Å². The van der Waals surface area contributed by atoms with Gasteiger partial charge >= 0.3 is 0 Å². The first-order valence-electron chi connectivity index (χ1n) is 11.7. The van der Waals surface area contributed by atoms with Crippen molar-refractivity contribution in [2.75, 3.05) is 24.5 Å². The summed E-state index contributed by atoms with van der Waals surface area (Å²) < 4.78 is 16.2. The van der Waals surface area contributed by atoms with Crippen LogP contribution in [0.15, 0.2) is 24.4 Å². The first-order valence-corrected chi connectivity index (χ1v) is 12.9. The quantitative estimate of drug-likeness (QED) is 0.536. The Kier molecular flexibility index (Phi) is 5.54. The number of imide groups is 1. The molecule has 3 aliphatic rings. The summed E-state index contributed by atoms with van der Waals surface area (Å²) in [6.07, 6.45) is 4.77. The summed E-state index contributed by atoms with van der Waals surface area (Å²) in [6.45, 7) is 3.03. The van der Waals surface area contributed by atoms with E-state index in [1.165, 1.54) is 22.4 Å². The number of pyridine rings is 1. The molecule has 176 valence electrons. The molecule has 6 nitrogen and oxygen atoms in total. The lowest BCUT2D eigenvalue weighted by Crippen LogP contribution is -2.40. The maximum Gasteiger partial charge on any atom is 0.230 e. The Bertz CT molecular complexity index is 1300. The fourth-order valence-corrected chi connectivity index (χ4v) is 6.88. The van der Waals surface area contributed by atoms with Crippen LogP contribution >= 0.6 is 22.9 Å². The Hall–Kier alpha value is -2.55. The number of benzene rings is 1. The van der Waals surface area contributed by atoms with Gasteiger partial charge in [-0.15, -0.1) is 11.3 Å². The van der Waals surface area contributed by atoms with Crippen LogP contribution in [0.2, 0.25) is 5.02 Å². The van der Waals surface area contributed by atoms with Crippen LogP contribution < -0.4 is 10.2 Å². The maximum absolute atomic E-state index is 15.5. The second-order valence-corrected chi connectivity index (χ2v) is 10.8. The van der Waals surface area contributed by atoms with Crippen molar-refractivity contribution in [3.8, 4) is 11.1 Å². The molecular weight excluding hydrogens is 475 g/mol. The summed E-state index contributed by atoms with van der Waals surface area (Å²) in [5, 5.41) is 4.04. The number of likely N-dealkylation sites (tertiary alicyclic amines) is 1. The normalized spacial score (nSPS) is 20.6. The van der Waals surface area contributed by atoms with Crippen molar-refractivity contribution in [1.82, 2.24) is 15.2 Å². The fraction of sp³-hybridized carbons (Fsp3) is 0.400. The molecule has 0 spiro atoms. The van der Waals surface area contributed by atoms with Crippen LogP contribution in [0.1, 0.15) is 36.1 Å². The van der Waals surface area contributed by atoms with Crippen molar-refractivity contribution in [1.29, 1.82) is 0 Å². The molecule has 0 aliphatic carbocycles. The predicted molar refractivity (Wildman–Crippen MR) is 132 cm³/mol. The van der Waals surface area contributed by atoms with Crippen LogP contribution in [0, 0.1) is 5.82 Å². The van der Waals surface area contributed by atoms with Gasteiger partial charge in [0.1, 0.15) is 0 Å². The van der Waals surface area contributed by atoms with Crippen molar-refractivity contribution in [2.45, 2.75) is 44.7 Å². The Balaban J connectivity index is 1.49. The Morgan fingerprint density at radius 1 is 1.18 bits per heavy atom. The number of fused-ring (bicyclic) bond motifs is 2. The minimum absolute atomic E-state index is 0.161. The molecule has 3 aromatic rings. The molecule has 2 fully saturated rings. The largest absolute Gasteiger partial charge is 0.366 e. The Morgan fingerprint density at radius 2 is 2.00 bits per heavy atom. The number of nitrogens with one attached hydrogen (secondary N) is 1. The van der Waals surface area contributed by atoms with Crippen LogP contribution in [0.4, 0.5) is 10.1 Å². The SMILES string of the molecule is O=C1CCC(=O)N1Cc1cc2ncc(F)c(-c3cc(Cl)cc4c3N(C3CCNC3)CCC4)c2s1. The molecule has 2 amide bonds. The van der Waals surface area contributed by atoms with E-state index in [1.54, 1.807) is 0 Å². The van der Waals surface area contributed by atoms with Crippen molar-refractivity contribution in [3.05, 3.63) is 45.7 Å². The van der Waals surface area contributed by atoms with Crippen LogP contribution in [-0.4, -0.2) is 47.4 Å². The molecule has 0 bridgehead atoms. The van der Waals surface area contributed by atoms with Gasteiger partial charge in [-0.2, -0.15) is 0 Å². The van der Waals surface area contributed by atoms with Gasteiger partial charge in [0.05, 0.1) is 23.0 Å². The highest BCUT2D eigenvalue weighted by Gasteiger charge is 2.32. The monoisotopic (exact) mass is 498 g/mol. The lowest BCUT2D eigenvalue weighted by atomic mass is 9.92. The van der Waals surface area contributed by atoms with Gasteiger partial charge in [0, 0.05) is 58.7 Å². The van der Waals surface area contributed by atoms with Gasteiger partial charge in [-0.3, -0.25) is 19.5 Å². The maximum atomic E-state index is 15.5. The molecule has 0 saturated carbocycles. The van der Waals surface area contributed by atoms with Crippen LogP contribution in [0.5, 0.6) is 0 Å². The molecule has 2 aromatic heterocycles. The standard InChI is InChI=1S/C25H24ClFN4O2S/c26-15-8-14-2-1-7-30(16-5-6-28-11-16)24(14)18(9-15)23-19(27)12-29-20-10-17(34-25(20)23)13-31-21(32)3-4-22(31)33/h8-10,12,16,28H,1-7,11,13H2. The number of aryl methyl sites for hydroxylation is 1. The van der Waals surface area contributed by atoms with E-state index in [-0.39, 0.29) is 31.2 Å². The summed E-state index contributed by atoms with van der Waals surface area (Å²) in [7, 11) is 0. The van der Waals surface area contributed by atoms with Crippen LogP contribution in [-0.2, 0) is 22.6 Å². The van der Waals surface area contributed by atoms with Gasteiger partial charge < -0.3 is 10.2 Å². The average molecular weight is 499 g/mol. The highest BCUT2D eigenvalue weighted by Crippen LogP contribution is 2.45. The number of thiophene rings is 1. The summed E-state index contributed by atoms with van der Waals surface area (Å²) in [4.78, 5) is 33.1. The number of hydrogen-bond acceptors (Lipinski definition) is 6. The zero-order chi connectivity index (χ0) is 23.4. The van der Waals surface area contributed by atoms with Crippen molar-refractivity contribution >= 4 is 50.7 Å². The van der Waals surface area contributed by atoms with Crippen molar-refractivity contribution < 1.29 is 14.0 Å². The molecule has 1 unspecified atom stereocenters. The molecule has 0 radical (unpaired) electrons. The number of carbonyl (C=O) groups is 2. The summed E-state index contributed by atoms with van der Waals surface area (Å²) in [5.41, 5.74) is 4.16. The second kappa shape index (κ2) is 8.59. The molecular formula is C25H24ClFN4O2S. The average Bonchev–Trinajstić information content (AvgIpc) is 3.55. The molecule has 2 saturated heterocycles. The third-order valence-corrected chi connectivity index (χ3v) is 8.39. The minimum Gasteiger partial charge on any atom is -0.366 e. The second-order valence-electron chi connectivity index (χ2n) is 9.19. The number of amides is 2. The number of carbonyl (C=O) groups excluding carboxylic acids is 2. The van der Waals surface area contributed by atoms with Gasteiger partial charge in [-0.1, -0.05) is 11.6 Å². The van der Waals surface area contributed by atoms with E-state index >= 15 is 4.39 Å². The highest BCUT2D eigenvalue weighted by molar-refractivity contribution is 7.19. The molecule has 5 heterocycles. The van der Waals surface area contributed by atoms with Crippen LogP contribution in [0.25, 0.3) is 21.3 Å². The van der Waals surface area contributed by atoms with Gasteiger partial charge in [-0.25, -0.2) is 4.39 Å². The van der Waals surface area contributed by atoms with Gasteiger partial charge in [0.15, 0.2) is 5.82 Å². The predicted octanol–water partition coefficient (Wildman–Crippen LogP) is 4.52. The van der Waals surface area contributed by atoms with Gasteiger partial charge in [0.2, 0.25) is 11.8 Å². The van der Waals surface area contributed by atoms with E-state index in [4.69, 9.17) is 11.6 Å². The number of halogens is 2. The molecule has 1 atom stereocenters. The van der Waals surface area contributed by atoms with Gasteiger partial charge in [-0.05, 0) is 49.6 Å². The number of rotatable bonds is 4. The minimum atomic E-state index is -0.395. The zero-order valence-electron chi connectivity index (χ0n) is 18.6. The fourth-order valence-electron chi connectivity index (χ4n) is 5.49. The number of hydrogen-bond donors (Lipinski definition) is 1. The van der Waals surface area contributed by atoms with E-state index in [1.807, 2.05) is 18.2 Å². The molecule has 1 N–H and O–H groups in total. The third kappa shape index (κ3) is 3.68. The lowest BCUT2D eigenvalue weighted by Gasteiger charge is -2.38. The Morgan fingerprint density at radius 3 is 2.76 bits per heavy atom. The van der Waals surface area contributed by atoms with E-state index in [0.29, 0.717) is 26.8 Å². The lowest BCUT2D eigenvalue weighted by molar-refractivity contribution is -0.138. The molecule has 1 aromatic carbocycles. The first kappa shape index (κ1) is 21.9. The zero-order valence-corrected chi connectivity index (χ0v) is 20.1. The van der Waals surface area contributed by atoms with Crippen LogP contribution in [0.3, 0.4) is 0 Å².